The standard InChI is InChI=1S/C15H21N3O3S/c1-10-4-5-12(21-10)15-18-11(2)13(22-15)14(19)17-7-6-16-8-9-20-3/h4-5,16H,6-9H2,1-3H3,(H,17,19). The number of carbonyl (C=O) groups is 1. The second-order valence-electron chi connectivity index (χ2n) is 4.84. The van der Waals surface area contributed by atoms with Crippen molar-refractivity contribution in [2.24, 2.45) is 0 Å². The molecule has 0 fully saturated rings. The van der Waals surface area contributed by atoms with E-state index in [9.17, 15) is 4.79 Å². The van der Waals surface area contributed by atoms with Crippen LogP contribution >= 0.6 is 11.3 Å². The van der Waals surface area contributed by atoms with Gasteiger partial charge >= 0.3 is 0 Å². The van der Waals surface area contributed by atoms with Gasteiger partial charge in [-0.3, -0.25) is 4.79 Å². The number of aryl methyl sites for hydroxylation is 2. The van der Waals surface area contributed by atoms with Gasteiger partial charge in [0.2, 0.25) is 0 Å². The van der Waals surface area contributed by atoms with E-state index < -0.39 is 0 Å². The molecule has 0 unspecified atom stereocenters. The summed E-state index contributed by atoms with van der Waals surface area (Å²) in [6, 6.07) is 3.76. The summed E-state index contributed by atoms with van der Waals surface area (Å²) >= 11 is 1.35. The third-order valence-corrected chi connectivity index (χ3v) is 4.20. The van der Waals surface area contributed by atoms with Crippen molar-refractivity contribution in [1.29, 1.82) is 0 Å². The molecule has 1 amide bonds. The maximum absolute atomic E-state index is 12.2. The van der Waals surface area contributed by atoms with Gasteiger partial charge in [0.15, 0.2) is 10.8 Å². The molecule has 120 valence electrons. The first-order valence-corrected chi connectivity index (χ1v) is 7.95. The number of furan rings is 1. The Kier molecular flexibility index (Phi) is 6.11. The van der Waals surface area contributed by atoms with Gasteiger partial charge in [0.1, 0.15) is 10.6 Å². The average Bonchev–Trinajstić information content (AvgIpc) is 3.08. The molecule has 0 aliphatic rings. The van der Waals surface area contributed by atoms with Gasteiger partial charge < -0.3 is 19.8 Å². The number of methoxy groups -OCH3 is 1. The maximum Gasteiger partial charge on any atom is 0.263 e. The Morgan fingerprint density at radius 1 is 1.32 bits per heavy atom. The van der Waals surface area contributed by atoms with E-state index in [1.807, 2.05) is 26.0 Å². The van der Waals surface area contributed by atoms with Crippen LogP contribution in [-0.2, 0) is 4.74 Å². The van der Waals surface area contributed by atoms with E-state index in [0.717, 1.165) is 23.0 Å². The molecule has 0 spiro atoms. The lowest BCUT2D eigenvalue weighted by Gasteiger charge is -2.05. The zero-order chi connectivity index (χ0) is 15.9. The van der Waals surface area contributed by atoms with E-state index in [4.69, 9.17) is 9.15 Å². The summed E-state index contributed by atoms with van der Waals surface area (Å²) in [7, 11) is 1.66. The fraction of sp³-hybridized carbons (Fsp3) is 0.467. The van der Waals surface area contributed by atoms with E-state index >= 15 is 0 Å². The summed E-state index contributed by atoms with van der Waals surface area (Å²) in [5.41, 5.74) is 0.721. The van der Waals surface area contributed by atoms with Crippen molar-refractivity contribution < 1.29 is 13.9 Å². The minimum Gasteiger partial charge on any atom is -0.459 e. The second kappa shape index (κ2) is 8.07. The lowest BCUT2D eigenvalue weighted by atomic mass is 10.3. The Morgan fingerprint density at radius 3 is 2.82 bits per heavy atom. The molecule has 2 aromatic heterocycles. The van der Waals surface area contributed by atoms with Crippen LogP contribution in [0.25, 0.3) is 10.8 Å². The number of carbonyl (C=O) groups excluding carboxylic acids is 1. The zero-order valence-electron chi connectivity index (χ0n) is 13.1. The molecule has 7 heteroatoms. The van der Waals surface area contributed by atoms with Gasteiger partial charge in [-0.1, -0.05) is 0 Å². The molecule has 0 aromatic carbocycles. The van der Waals surface area contributed by atoms with Crippen molar-refractivity contribution in [1.82, 2.24) is 15.6 Å². The Hall–Kier alpha value is -1.70. The number of aromatic nitrogens is 1. The number of ether oxygens (including phenoxy) is 1. The molecule has 0 bridgehead atoms. The largest absolute Gasteiger partial charge is 0.459 e. The number of nitrogens with zero attached hydrogens (tertiary/aromatic N) is 1. The molecule has 6 nitrogen and oxygen atoms in total. The normalized spacial score (nSPS) is 10.9. The number of amides is 1. The van der Waals surface area contributed by atoms with E-state index in [1.165, 1.54) is 11.3 Å². The molecule has 0 radical (unpaired) electrons. The van der Waals surface area contributed by atoms with Gasteiger partial charge in [-0.05, 0) is 26.0 Å². The van der Waals surface area contributed by atoms with Gasteiger partial charge in [0.25, 0.3) is 5.91 Å². The number of hydrogen-bond donors (Lipinski definition) is 2. The quantitative estimate of drug-likeness (QED) is 0.727. The van der Waals surface area contributed by atoms with E-state index in [2.05, 4.69) is 15.6 Å². The molecule has 2 aromatic rings. The van der Waals surface area contributed by atoms with Crippen molar-refractivity contribution in [3.8, 4) is 10.8 Å². The highest BCUT2D eigenvalue weighted by Gasteiger charge is 2.17. The molecule has 0 aliphatic carbocycles. The van der Waals surface area contributed by atoms with E-state index in [0.29, 0.717) is 30.3 Å². The van der Waals surface area contributed by atoms with Crippen molar-refractivity contribution in [3.63, 3.8) is 0 Å². The predicted octanol–water partition coefficient (Wildman–Crippen LogP) is 1.99. The Bertz CT molecular complexity index is 621. The number of thiazole rings is 1. The minimum absolute atomic E-state index is 0.0990. The van der Waals surface area contributed by atoms with Crippen molar-refractivity contribution >= 4 is 17.2 Å². The molecular formula is C15H21N3O3S. The summed E-state index contributed by atoms with van der Waals surface area (Å²) in [6.45, 7) is 6.42. The van der Waals surface area contributed by atoms with Gasteiger partial charge in [-0.15, -0.1) is 11.3 Å². The van der Waals surface area contributed by atoms with Crippen LogP contribution in [0.4, 0.5) is 0 Å². The molecule has 0 saturated heterocycles. The monoisotopic (exact) mass is 323 g/mol. The molecule has 2 heterocycles. The van der Waals surface area contributed by atoms with E-state index in [-0.39, 0.29) is 5.91 Å². The Morgan fingerprint density at radius 2 is 2.14 bits per heavy atom. The molecule has 22 heavy (non-hydrogen) atoms. The van der Waals surface area contributed by atoms with Gasteiger partial charge in [0, 0.05) is 26.7 Å². The van der Waals surface area contributed by atoms with Gasteiger partial charge in [-0.2, -0.15) is 0 Å². The topological polar surface area (TPSA) is 76.4 Å². The van der Waals surface area contributed by atoms with Crippen LogP contribution in [0.2, 0.25) is 0 Å². The molecule has 0 saturated carbocycles. The zero-order valence-corrected chi connectivity index (χ0v) is 13.9. The fourth-order valence-corrected chi connectivity index (χ4v) is 2.85. The Balaban J connectivity index is 1.89. The average molecular weight is 323 g/mol. The van der Waals surface area contributed by atoms with Crippen molar-refractivity contribution in [3.05, 3.63) is 28.5 Å². The van der Waals surface area contributed by atoms with E-state index in [1.54, 1.807) is 7.11 Å². The highest BCUT2D eigenvalue weighted by atomic mass is 32.1. The Labute approximate surface area is 133 Å². The molecular weight excluding hydrogens is 302 g/mol. The fourth-order valence-electron chi connectivity index (χ4n) is 1.91. The van der Waals surface area contributed by atoms with Crippen LogP contribution in [0, 0.1) is 13.8 Å². The number of nitrogens with one attached hydrogen (secondary N) is 2. The first-order valence-electron chi connectivity index (χ1n) is 7.14. The number of rotatable bonds is 8. The first kappa shape index (κ1) is 16.7. The molecule has 0 aliphatic heterocycles. The van der Waals surface area contributed by atoms with Crippen LogP contribution in [0.1, 0.15) is 21.1 Å². The van der Waals surface area contributed by atoms with Crippen LogP contribution in [0.5, 0.6) is 0 Å². The lowest BCUT2D eigenvalue weighted by molar-refractivity contribution is 0.0957. The maximum atomic E-state index is 12.2. The minimum atomic E-state index is -0.0990. The van der Waals surface area contributed by atoms with Crippen LogP contribution < -0.4 is 10.6 Å². The highest BCUT2D eigenvalue weighted by molar-refractivity contribution is 7.17. The second-order valence-corrected chi connectivity index (χ2v) is 5.84. The summed E-state index contributed by atoms with van der Waals surface area (Å²) in [6.07, 6.45) is 0. The number of hydrogen-bond acceptors (Lipinski definition) is 6. The van der Waals surface area contributed by atoms with Crippen LogP contribution in [-0.4, -0.2) is 44.2 Å². The third kappa shape index (κ3) is 4.40. The molecule has 2 rings (SSSR count). The summed E-state index contributed by atoms with van der Waals surface area (Å²) in [5, 5.41) is 6.79. The van der Waals surface area contributed by atoms with Gasteiger partial charge in [-0.25, -0.2) is 4.98 Å². The summed E-state index contributed by atoms with van der Waals surface area (Å²) in [5.74, 6) is 1.43. The molecule has 0 atom stereocenters. The lowest BCUT2D eigenvalue weighted by Crippen LogP contribution is -2.33. The van der Waals surface area contributed by atoms with Crippen LogP contribution in [0.15, 0.2) is 16.5 Å². The van der Waals surface area contributed by atoms with Crippen molar-refractivity contribution in [2.45, 2.75) is 13.8 Å². The molecule has 2 N–H and O–H groups in total. The highest BCUT2D eigenvalue weighted by Crippen LogP contribution is 2.29. The first-order chi connectivity index (χ1) is 10.6. The summed E-state index contributed by atoms with van der Waals surface area (Å²) < 4.78 is 10.5. The van der Waals surface area contributed by atoms with Crippen LogP contribution in [0.3, 0.4) is 0 Å². The predicted molar refractivity (Wildman–Crippen MR) is 86.4 cm³/mol. The van der Waals surface area contributed by atoms with Crippen molar-refractivity contribution in [2.75, 3.05) is 33.4 Å². The SMILES string of the molecule is COCCNCCNC(=O)c1sc(-c2ccc(C)o2)nc1C. The smallest absolute Gasteiger partial charge is 0.263 e. The third-order valence-electron chi connectivity index (χ3n) is 3.02. The summed E-state index contributed by atoms with van der Waals surface area (Å²) in [4.78, 5) is 17.2. The van der Waals surface area contributed by atoms with Gasteiger partial charge in [0.05, 0.1) is 12.3 Å².